The molecular formula is C20H21ClF3N3O3. The Kier molecular flexibility index (Phi) is 7.17. The molecule has 1 aromatic carbocycles. The van der Waals surface area contributed by atoms with Crippen molar-refractivity contribution >= 4 is 23.2 Å². The average Bonchev–Trinajstić information content (AvgIpc) is 3.13. The van der Waals surface area contributed by atoms with Crippen molar-refractivity contribution in [3.05, 3.63) is 48.4 Å². The van der Waals surface area contributed by atoms with Gasteiger partial charge in [0.15, 0.2) is 0 Å². The first-order chi connectivity index (χ1) is 14.2. The second-order valence-corrected chi connectivity index (χ2v) is 7.37. The summed E-state index contributed by atoms with van der Waals surface area (Å²) in [6.07, 6.45) is -1.70. The second kappa shape index (κ2) is 9.63. The molecule has 0 unspecified atom stereocenters. The SMILES string of the molecule is C=C(CCNC(=O)CO[C@H]1C[C@H](OC(F)(F)F)C1)n1cnc(-c2ccc(Cl)cc2)c1. The van der Waals surface area contributed by atoms with Gasteiger partial charge < -0.3 is 14.6 Å². The van der Waals surface area contributed by atoms with Gasteiger partial charge >= 0.3 is 6.36 Å². The van der Waals surface area contributed by atoms with Gasteiger partial charge in [0.2, 0.25) is 5.91 Å². The third-order valence-corrected chi connectivity index (χ3v) is 4.88. The van der Waals surface area contributed by atoms with E-state index in [1.54, 1.807) is 23.0 Å². The van der Waals surface area contributed by atoms with E-state index in [4.69, 9.17) is 16.3 Å². The zero-order chi connectivity index (χ0) is 21.7. The Balaban J connectivity index is 1.33. The summed E-state index contributed by atoms with van der Waals surface area (Å²) >= 11 is 5.89. The monoisotopic (exact) mass is 443 g/mol. The molecule has 1 aliphatic carbocycles. The minimum absolute atomic E-state index is 0.125. The van der Waals surface area contributed by atoms with E-state index in [0.29, 0.717) is 18.0 Å². The summed E-state index contributed by atoms with van der Waals surface area (Å²) < 4.78 is 47.1. The number of imidazole rings is 1. The van der Waals surface area contributed by atoms with Crippen LogP contribution in [0.3, 0.4) is 0 Å². The van der Waals surface area contributed by atoms with E-state index in [2.05, 4.69) is 21.6 Å². The fourth-order valence-corrected chi connectivity index (χ4v) is 3.05. The van der Waals surface area contributed by atoms with E-state index < -0.39 is 18.6 Å². The number of hydrogen-bond acceptors (Lipinski definition) is 4. The highest BCUT2D eigenvalue weighted by Gasteiger charge is 2.40. The van der Waals surface area contributed by atoms with Crippen LogP contribution < -0.4 is 5.32 Å². The number of carbonyl (C=O) groups is 1. The van der Waals surface area contributed by atoms with Crippen LogP contribution in [0.15, 0.2) is 43.4 Å². The Morgan fingerprint density at radius 1 is 1.27 bits per heavy atom. The number of amides is 1. The first-order valence-corrected chi connectivity index (χ1v) is 9.68. The van der Waals surface area contributed by atoms with Crippen LogP contribution in [0, 0.1) is 0 Å². The maximum absolute atomic E-state index is 12.1. The van der Waals surface area contributed by atoms with E-state index in [1.165, 1.54) is 0 Å². The number of hydrogen-bond donors (Lipinski definition) is 1. The fourth-order valence-electron chi connectivity index (χ4n) is 2.92. The maximum Gasteiger partial charge on any atom is 0.522 e. The maximum atomic E-state index is 12.1. The Labute approximate surface area is 176 Å². The van der Waals surface area contributed by atoms with Crippen LogP contribution in [0.5, 0.6) is 0 Å². The van der Waals surface area contributed by atoms with E-state index >= 15 is 0 Å². The van der Waals surface area contributed by atoms with E-state index in [0.717, 1.165) is 17.0 Å². The molecule has 0 aliphatic heterocycles. The van der Waals surface area contributed by atoms with Crippen LogP contribution in [0.2, 0.25) is 5.02 Å². The van der Waals surface area contributed by atoms with Crippen molar-refractivity contribution in [2.45, 2.75) is 37.8 Å². The molecule has 1 amide bonds. The van der Waals surface area contributed by atoms with Gasteiger partial charge in [-0.05, 0) is 12.1 Å². The van der Waals surface area contributed by atoms with Crippen LogP contribution >= 0.6 is 11.6 Å². The van der Waals surface area contributed by atoms with E-state index in [-0.39, 0.29) is 25.4 Å². The molecule has 1 N–H and O–H groups in total. The van der Waals surface area contributed by atoms with Crippen molar-refractivity contribution in [3.63, 3.8) is 0 Å². The van der Waals surface area contributed by atoms with Crippen LogP contribution in [0.1, 0.15) is 19.3 Å². The Morgan fingerprint density at radius 3 is 2.63 bits per heavy atom. The summed E-state index contributed by atoms with van der Waals surface area (Å²) in [6, 6.07) is 7.32. The van der Waals surface area contributed by atoms with Gasteiger partial charge in [-0.25, -0.2) is 4.98 Å². The smallest absolute Gasteiger partial charge is 0.368 e. The van der Waals surface area contributed by atoms with E-state index in [1.807, 2.05) is 18.3 Å². The molecule has 0 spiro atoms. The van der Waals surface area contributed by atoms with Gasteiger partial charge in [0, 0.05) is 48.3 Å². The Bertz CT molecular complexity index is 877. The summed E-state index contributed by atoms with van der Waals surface area (Å²) in [5.74, 6) is -0.338. The minimum atomic E-state index is -4.64. The molecule has 1 saturated carbocycles. The fraction of sp³-hybridized carbons (Fsp3) is 0.400. The van der Waals surface area contributed by atoms with Crippen molar-refractivity contribution < 1.29 is 27.4 Å². The highest BCUT2D eigenvalue weighted by Crippen LogP contribution is 2.32. The molecule has 10 heteroatoms. The number of halogens is 4. The number of alkyl halides is 3. The summed E-state index contributed by atoms with van der Waals surface area (Å²) in [5, 5.41) is 3.34. The molecule has 6 nitrogen and oxygen atoms in total. The molecule has 1 fully saturated rings. The van der Waals surface area contributed by atoms with Gasteiger partial charge in [-0.1, -0.05) is 30.3 Å². The molecule has 3 rings (SSSR count). The lowest BCUT2D eigenvalue weighted by molar-refractivity contribution is -0.357. The van der Waals surface area contributed by atoms with Crippen LogP contribution in [0.4, 0.5) is 13.2 Å². The molecule has 0 atom stereocenters. The van der Waals surface area contributed by atoms with Crippen LogP contribution in [0.25, 0.3) is 17.0 Å². The van der Waals surface area contributed by atoms with E-state index in [9.17, 15) is 18.0 Å². The molecule has 1 heterocycles. The number of ether oxygens (including phenoxy) is 2. The van der Waals surface area contributed by atoms with Crippen molar-refractivity contribution in [2.75, 3.05) is 13.2 Å². The quantitative estimate of drug-likeness (QED) is 0.628. The first-order valence-electron chi connectivity index (χ1n) is 9.30. The Morgan fingerprint density at radius 2 is 1.97 bits per heavy atom. The molecule has 162 valence electrons. The third-order valence-electron chi connectivity index (χ3n) is 4.63. The number of nitrogens with zero attached hydrogens (tertiary/aromatic N) is 2. The number of benzene rings is 1. The lowest BCUT2D eigenvalue weighted by Gasteiger charge is -2.34. The predicted molar refractivity (Wildman–Crippen MR) is 106 cm³/mol. The van der Waals surface area contributed by atoms with Gasteiger partial charge in [-0.3, -0.25) is 9.53 Å². The lowest BCUT2D eigenvalue weighted by atomic mass is 9.92. The molecule has 1 aliphatic rings. The van der Waals surface area contributed by atoms with Gasteiger partial charge in [-0.2, -0.15) is 0 Å². The van der Waals surface area contributed by atoms with Gasteiger partial charge in [0.1, 0.15) is 6.61 Å². The average molecular weight is 444 g/mol. The van der Waals surface area contributed by atoms with Gasteiger partial charge in [0.05, 0.1) is 24.2 Å². The van der Waals surface area contributed by atoms with Gasteiger partial charge in [0.25, 0.3) is 0 Å². The zero-order valence-corrected chi connectivity index (χ0v) is 16.7. The number of carbonyl (C=O) groups excluding carboxylic acids is 1. The zero-order valence-electron chi connectivity index (χ0n) is 16.0. The summed E-state index contributed by atoms with van der Waals surface area (Å²) in [6.45, 7) is 4.13. The van der Waals surface area contributed by atoms with Crippen LogP contribution in [-0.4, -0.2) is 47.2 Å². The summed E-state index contributed by atoms with van der Waals surface area (Å²) in [4.78, 5) is 16.2. The summed E-state index contributed by atoms with van der Waals surface area (Å²) in [5.41, 5.74) is 2.45. The lowest BCUT2D eigenvalue weighted by Crippen LogP contribution is -2.42. The second-order valence-electron chi connectivity index (χ2n) is 6.93. The summed E-state index contributed by atoms with van der Waals surface area (Å²) in [7, 11) is 0. The topological polar surface area (TPSA) is 65.4 Å². The number of aromatic nitrogens is 2. The number of rotatable bonds is 9. The normalized spacial score (nSPS) is 18.7. The van der Waals surface area contributed by atoms with Gasteiger partial charge in [-0.15, -0.1) is 13.2 Å². The molecule has 0 radical (unpaired) electrons. The van der Waals surface area contributed by atoms with Crippen molar-refractivity contribution in [1.82, 2.24) is 14.9 Å². The molecule has 0 saturated heterocycles. The molecular weight excluding hydrogens is 423 g/mol. The molecule has 1 aromatic heterocycles. The minimum Gasteiger partial charge on any atom is -0.368 e. The Hall–Kier alpha value is -2.36. The highest BCUT2D eigenvalue weighted by atomic mass is 35.5. The van der Waals surface area contributed by atoms with Crippen LogP contribution in [-0.2, 0) is 14.3 Å². The first kappa shape index (κ1) is 22.3. The highest BCUT2D eigenvalue weighted by molar-refractivity contribution is 6.30. The number of nitrogens with one attached hydrogen (secondary N) is 1. The predicted octanol–water partition coefficient (Wildman–Crippen LogP) is 4.26. The van der Waals surface area contributed by atoms with Crippen molar-refractivity contribution in [2.24, 2.45) is 0 Å². The molecule has 2 aromatic rings. The largest absolute Gasteiger partial charge is 0.522 e. The molecule has 0 bridgehead atoms. The molecule has 30 heavy (non-hydrogen) atoms. The van der Waals surface area contributed by atoms with Crippen molar-refractivity contribution in [3.8, 4) is 11.3 Å². The third kappa shape index (κ3) is 6.58. The van der Waals surface area contributed by atoms with Crippen molar-refractivity contribution in [1.29, 1.82) is 0 Å². The standard InChI is InChI=1S/C20H21ClF3N3O3/c1-13(27-10-18(26-12-27)14-2-4-15(21)5-3-14)6-7-25-19(28)11-29-16-8-17(9-16)30-20(22,23)24/h2-5,10,12,16-17H,1,6-9,11H2,(H,25,28)/t16-,17-.